The number of hydrogen-bond acceptors (Lipinski definition) is 1. The largest absolute Gasteiger partial charge is 0.360 e. The number of anilines is 1. The Morgan fingerprint density at radius 2 is 1.92 bits per heavy atom. The molecule has 2 heterocycles. The first-order chi connectivity index (χ1) is 11.6. The summed E-state index contributed by atoms with van der Waals surface area (Å²) in [5.41, 5.74) is 3.48. The number of aromatic amines is 1. The lowest BCUT2D eigenvalue weighted by atomic mass is 10.1. The van der Waals surface area contributed by atoms with Crippen LogP contribution < -0.4 is 4.90 Å². The molecule has 5 heteroatoms. The topological polar surface area (TPSA) is 36.1 Å². The molecule has 1 amide bonds. The minimum atomic E-state index is 0.0423. The van der Waals surface area contributed by atoms with Crippen LogP contribution in [-0.2, 0) is 4.79 Å². The Morgan fingerprint density at radius 1 is 1.12 bits per heavy atom. The van der Waals surface area contributed by atoms with Crippen molar-refractivity contribution in [3.05, 3.63) is 69.8 Å². The second-order valence-electron chi connectivity index (χ2n) is 5.77. The summed E-state index contributed by atoms with van der Waals surface area (Å²) in [5, 5.41) is 2.05. The average molecular weight is 357 g/mol. The van der Waals surface area contributed by atoms with Crippen LogP contribution in [0.3, 0.4) is 0 Å². The van der Waals surface area contributed by atoms with E-state index in [0.29, 0.717) is 23.0 Å². The van der Waals surface area contributed by atoms with Gasteiger partial charge in [-0.05, 0) is 36.8 Å². The summed E-state index contributed by atoms with van der Waals surface area (Å²) in [6.45, 7) is 0.691. The van der Waals surface area contributed by atoms with Gasteiger partial charge in [-0.2, -0.15) is 0 Å². The van der Waals surface area contributed by atoms with E-state index in [1.165, 1.54) is 0 Å². The summed E-state index contributed by atoms with van der Waals surface area (Å²) in [6, 6.07) is 13.3. The summed E-state index contributed by atoms with van der Waals surface area (Å²) < 4.78 is 0. The number of amides is 1. The number of nitrogens with one attached hydrogen (secondary N) is 1. The van der Waals surface area contributed by atoms with Gasteiger partial charge in [0.05, 0.1) is 5.02 Å². The maximum absolute atomic E-state index is 12.7. The fourth-order valence-electron chi connectivity index (χ4n) is 3.11. The van der Waals surface area contributed by atoms with Crippen LogP contribution in [0.2, 0.25) is 10.0 Å². The molecule has 0 atom stereocenters. The molecule has 0 spiro atoms. The van der Waals surface area contributed by atoms with Crippen LogP contribution >= 0.6 is 23.2 Å². The van der Waals surface area contributed by atoms with Gasteiger partial charge in [0.1, 0.15) is 0 Å². The first kappa shape index (κ1) is 15.3. The van der Waals surface area contributed by atoms with Gasteiger partial charge >= 0.3 is 0 Å². The zero-order chi connectivity index (χ0) is 16.7. The minimum absolute atomic E-state index is 0.0423. The summed E-state index contributed by atoms with van der Waals surface area (Å²) in [5.74, 6) is 0.0423. The molecule has 4 rings (SSSR count). The zero-order valence-corrected chi connectivity index (χ0v) is 14.2. The van der Waals surface area contributed by atoms with E-state index in [1.54, 1.807) is 11.0 Å². The molecule has 3 nitrogen and oxygen atoms in total. The van der Waals surface area contributed by atoms with E-state index in [-0.39, 0.29) is 5.91 Å². The average Bonchev–Trinajstić information content (AvgIpc) is 3.13. The number of halogens is 2. The van der Waals surface area contributed by atoms with Gasteiger partial charge in [0.25, 0.3) is 5.91 Å². The van der Waals surface area contributed by atoms with Gasteiger partial charge in [-0.25, -0.2) is 0 Å². The maximum Gasteiger partial charge on any atom is 0.254 e. The van der Waals surface area contributed by atoms with Crippen molar-refractivity contribution in [2.75, 3.05) is 11.4 Å². The van der Waals surface area contributed by atoms with Crippen molar-refractivity contribution in [3.8, 4) is 0 Å². The highest BCUT2D eigenvalue weighted by Gasteiger charge is 2.27. The fourth-order valence-corrected chi connectivity index (χ4v) is 3.71. The Labute approximate surface area is 149 Å². The molecule has 0 bridgehead atoms. The van der Waals surface area contributed by atoms with E-state index in [1.807, 2.05) is 48.7 Å². The molecule has 1 N–H and O–H groups in total. The monoisotopic (exact) mass is 356 g/mol. The molecular formula is C19H14Cl2N2O. The van der Waals surface area contributed by atoms with E-state index in [4.69, 9.17) is 23.2 Å². The normalized spacial score (nSPS) is 16.5. The molecule has 1 aliphatic heterocycles. The fraction of sp³-hybridized carbons (Fsp3) is 0.105. The van der Waals surface area contributed by atoms with E-state index in [0.717, 1.165) is 27.7 Å². The molecule has 1 aromatic heterocycles. The van der Waals surface area contributed by atoms with Crippen molar-refractivity contribution in [3.63, 3.8) is 0 Å². The van der Waals surface area contributed by atoms with Gasteiger partial charge in [0, 0.05) is 45.5 Å². The van der Waals surface area contributed by atoms with Crippen LogP contribution in [0, 0.1) is 0 Å². The molecule has 1 saturated heterocycles. The van der Waals surface area contributed by atoms with Gasteiger partial charge < -0.3 is 9.88 Å². The Morgan fingerprint density at radius 3 is 2.71 bits per heavy atom. The molecule has 3 aromatic rings. The molecule has 1 fully saturated rings. The second-order valence-corrected chi connectivity index (χ2v) is 6.61. The Balaban J connectivity index is 1.71. The van der Waals surface area contributed by atoms with E-state index in [9.17, 15) is 4.79 Å². The quantitative estimate of drug-likeness (QED) is 0.621. The lowest BCUT2D eigenvalue weighted by Gasteiger charge is -2.14. The number of hydrogen-bond donors (Lipinski definition) is 1. The number of fused-ring (bicyclic) bond motifs is 1. The van der Waals surface area contributed by atoms with E-state index in [2.05, 4.69) is 4.98 Å². The van der Waals surface area contributed by atoms with Crippen LogP contribution in [0.1, 0.15) is 12.0 Å². The predicted molar refractivity (Wildman–Crippen MR) is 99.7 cm³/mol. The van der Waals surface area contributed by atoms with E-state index < -0.39 is 0 Å². The van der Waals surface area contributed by atoms with Crippen molar-refractivity contribution >= 4 is 51.8 Å². The number of para-hydroxylation sites is 1. The number of nitrogens with zero attached hydrogens (tertiary/aromatic N) is 1. The molecule has 0 radical (unpaired) electrons. The third kappa shape index (κ3) is 2.60. The summed E-state index contributed by atoms with van der Waals surface area (Å²) in [7, 11) is 0. The molecular weight excluding hydrogens is 343 g/mol. The highest BCUT2D eigenvalue weighted by molar-refractivity contribution is 6.39. The van der Waals surface area contributed by atoms with Crippen LogP contribution in [0.5, 0.6) is 0 Å². The van der Waals surface area contributed by atoms with Gasteiger partial charge in [-0.1, -0.05) is 41.4 Å². The lowest BCUT2D eigenvalue weighted by Crippen LogP contribution is -2.24. The number of carbonyl (C=O) groups excluding carboxylic acids is 1. The molecule has 120 valence electrons. The van der Waals surface area contributed by atoms with Crippen molar-refractivity contribution in [1.29, 1.82) is 0 Å². The number of H-pyrrole nitrogens is 1. The summed E-state index contributed by atoms with van der Waals surface area (Å²) >= 11 is 12.4. The van der Waals surface area contributed by atoms with Crippen LogP contribution in [0.4, 0.5) is 5.69 Å². The summed E-state index contributed by atoms with van der Waals surface area (Å²) in [6.07, 6.45) is 4.49. The molecule has 24 heavy (non-hydrogen) atoms. The van der Waals surface area contributed by atoms with Gasteiger partial charge in [-0.15, -0.1) is 0 Å². The standard InChI is InChI=1S/C19H14Cl2N2O/c20-14-9-16(21)18-13(11-22-17(18)10-14)8-12-6-7-23(19(12)24)15-4-2-1-3-5-15/h1-5,8-11,22H,6-7H2/b12-8+. The maximum atomic E-state index is 12.7. The number of benzene rings is 2. The minimum Gasteiger partial charge on any atom is -0.360 e. The van der Waals surface area contributed by atoms with Crippen molar-refractivity contribution < 1.29 is 4.79 Å². The van der Waals surface area contributed by atoms with Gasteiger partial charge in [0.15, 0.2) is 0 Å². The molecule has 0 unspecified atom stereocenters. The SMILES string of the molecule is O=C1/C(=C/c2c[nH]c3cc(Cl)cc(Cl)c23)CCN1c1ccccc1. The zero-order valence-electron chi connectivity index (χ0n) is 12.7. The number of rotatable bonds is 2. The van der Waals surface area contributed by atoms with Crippen LogP contribution in [0.15, 0.2) is 54.2 Å². The summed E-state index contributed by atoms with van der Waals surface area (Å²) in [4.78, 5) is 17.7. The molecule has 2 aromatic carbocycles. The Hall–Kier alpha value is -2.23. The molecule has 0 saturated carbocycles. The lowest BCUT2D eigenvalue weighted by molar-refractivity contribution is -0.114. The highest BCUT2D eigenvalue weighted by atomic mass is 35.5. The Bertz CT molecular complexity index is 960. The third-order valence-corrected chi connectivity index (χ3v) is 4.77. The van der Waals surface area contributed by atoms with Gasteiger partial charge in [0.2, 0.25) is 0 Å². The van der Waals surface area contributed by atoms with Gasteiger partial charge in [-0.3, -0.25) is 4.79 Å². The first-order valence-electron chi connectivity index (χ1n) is 7.67. The van der Waals surface area contributed by atoms with Crippen LogP contribution in [0.25, 0.3) is 17.0 Å². The highest BCUT2D eigenvalue weighted by Crippen LogP contribution is 2.33. The first-order valence-corrected chi connectivity index (χ1v) is 8.43. The smallest absolute Gasteiger partial charge is 0.254 e. The number of aromatic nitrogens is 1. The van der Waals surface area contributed by atoms with Crippen molar-refractivity contribution in [2.45, 2.75) is 6.42 Å². The predicted octanol–water partition coefficient (Wildman–Crippen LogP) is 5.30. The number of carbonyl (C=O) groups is 1. The van der Waals surface area contributed by atoms with E-state index >= 15 is 0 Å². The second kappa shape index (κ2) is 6.00. The van der Waals surface area contributed by atoms with Crippen molar-refractivity contribution in [2.24, 2.45) is 0 Å². The Kier molecular flexibility index (Phi) is 3.83. The third-order valence-electron chi connectivity index (χ3n) is 4.25. The molecule has 1 aliphatic rings. The van der Waals surface area contributed by atoms with Crippen LogP contribution in [-0.4, -0.2) is 17.4 Å². The molecule has 0 aliphatic carbocycles. The van der Waals surface area contributed by atoms with Crippen molar-refractivity contribution in [1.82, 2.24) is 4.98 Å².